The zero-order chi connectivity index (χ0) is 9.97. The van der Waals surface area contributed by atoms with Gasteiger partial charge in [-0.25, -0.2) is 4.98 Å². The van der Waals surface area contributed by atoms with Crippen LogP contribution in [0.2, 0.25) is 0 Å². The molecule has 0 spiro atoms. The molecule has 0 amide bonds. The van der Waals surface area contributed by atoms with Gasteiger partial charge in [0.25, 0.3) is 0 Å². The lowest BCUT2D eigenvalue weighted by Crippen LogP contribution is -1.87. The maximum absolute atomic E-state index is 4.21. The number of halogens is 1. The first-order valence-electron chi connectivity index (χ1n) is 4.30. The van der Waals surface area contributed by atoms with Gasteiger partial charge in [-0.05, 0) is 52.2 Å². The summed E-state index contributed by atoms with van der Waals surface area (Å²) in [6, 6.07) is 5.96. The van der Waals surface area contributed by atoms with Gasteiger partial charge in [0.2, 0.25) is 0 Å². The molecule has 0 aliphatic heterocycles. The van der Waals surface area contributed by atoms with Crippen molar-refractivity contribution in [1.29, 1.82) is 0 Å². The summed E-state index contributed by atoms with van der Waals surface area (Å²) in [5, 5.41) is 0. The number of aryl methyl sites for hydroxylation is 1. The molecule has 0 bridgehead atoms. The highest BCUT2D eigenvalue weighted by Gasteiger charge is 2.06. The molecule has 0 aromatic carbocycles. The molecule has 0 fully saturated rings. The average Bonchev–Trinajstić information content (AvgIpc) is 2.19. The maximum Gasteiger partial charge on any atom is 0.114 e. The summed E-state index contributed by atoms with van der Waals surface area (Å²) in [7, 11) is 0. The highest BCUT2D eigenvalue weighted by molar-refractivity contribution is 9.10. The fourth-order valence-electron chi connectivity index (χ4n) is 1.39. The van der Waals surface area contributed by atoms with Crippen molar-refractivity contribution >= 4 is 15.9 Å². The van der Waals surface area contributed by atoms with E-state index in [2.05, 4.69) is 32.8 Å². The molecule has 0 radical (unpaired) electrons. The van der Waals surface area contributed by atoms with Crippen molar-refractivity contribution in [3.63, 3.8) is 0 Å². The Morgan fingerprint density at radius 3 is 2.43 bits per heavy atom. The molecular weight excluding hydrogens is 240 g/mol. The molecule has 2 aromatic rings. The van der Waals surface area contributed by atoms with Crippen molar-refractivity contribution in [3.8, 4) is 11.1 Å². The van der Waals surface area contributed by atoms with Crippen LogP contribution in [0.3, 0.4) is 0 Å². The van der Waals surface area contributed by atoms with E-state index in [0.29, 0.717) is 0 Å². The Morgan fingerprint density at radius 2 is 1.79 bits per heavy atom. The zero-order valence-corrected chi connectivity index (χ0v) is 9.32. The summed E-state index contributed by atoms with van der Waals surface area (Å²) < 4.78 is 0.878. The first kappa shape index (κ1) is 9.34. The quantitative estimate of drug-likeness (QED) is 0.725. The highest BCUT2D eigenvalue weighted by Crippen LogP contribution is 2.28. The molecule has 0 unspecified atom stereocenters. The van der Waals surface area contributed by atoms with Crippen LogP contribution in [0.15, 0.2) is 41.4 Å². The molecule has 0 saturated heterocycles. The van der Waals surface area contributed by atoms with Crippen molar-refractivity contribution in [2.45, 2.75) is 6.92 Å². The van der Waals surface area contributed by atoms with Crippen LogP contribution in [0.5, 0.6) is 0 Å². The lowest BCUT2D eigenvalue weighted by molar-refractivity contribution is 1.23. The summed E-state index contributed by atoms with van der Waals surface area (Å²) >= 11 is 3.45. The van der Waals surface area contributed by atoms with Gasteiger partial charge in [-0.3, -0.25) is 4.98 Å². The number of hydrogen-bond donors (Lipinski definition) is 0. The number of pyridine rings is 2. The van der Waals surface area contributed by atoms with Gasteiger partial charge in [0.15, 0.2) is 0 Å². The Kier molecular flexibility index (Phi) is 2.59. The normalized spacial score (nSPS) is 10.1. The van der Waals surface area contributed by atoms with Crippen molar-refractivity contribution < 1.29 is 0 Å². The Hall–Kier alpha value is -1.22. The van der Waals surface area contributed by atoms with Crippen molar-refractivity contribution in [2.75, 3.05) is 0 Å². The van der Waals surface area contributed by atoms with Crippen molar-refractivity contribution in [3.05, 3.63) is 47.0 Å². The van der Waals surface area contributed by atoms with E-state index in [1.54, 1.807) is 18.6 Å². The van der Waals surface area contributed by atoms with Gasteiger partial charge in [0.1, 0.15) is 4.60 Å². The van der Waals surface area contributed by atoms with Crippen LogP contribution < -0.4 is 0 Å². The maximum atomic E-state index is 4.21. The standard InChI is InChI=1S/C11H9BrN2/c1-8-2-7-14-11(12)10(8)9-3-5-13-6-4-9/h2-7H,1H3. The second kappa shape index (κ2) is 3.88. The van der Waals surface area contributed by atoms with Crippen LogP contribution in [-0.2, 0) is 0 Å². The lowest BCUT2D eigenvalue weighted by atomic mass is 10.1. The Bertz CT molecular complexity index is 420. The summed E-state index contributed by atoms with van der Waals surface area (Å²) in [6.07, 6.45) is 5.37. The second-order valence-corrected chi connectivity index (χ2v) is 3.78. The smallest absolute Gasteiger partial charge is 0.114 e. The molecule has 0 saturated carbocycles. The lowest BCUT2D eigenvalue weighted by Gasteiger charge is -2.06. The molecule has 0 atom stereocenters. The van der Waals surface area contributed by atoms with Gasteiger partial charge < -0.3 is 0 Å². The highest BCUT2D eigenvalue weighted by atomic mass is 79.9. The zero-order valence-electron chi connectivity index (χ0n) is 7.74. The molecule has 3 heteroatoms. The number of hydrogen-bond acceptors (Lipinski definition) is 2. The Morgan fingerprint density at radius 1 is 1.07 bits per heavy atom. The van der Waals surface area contributed by atoms with E-state index in [4.69, 9.17) is 0 Å². The molecule has 2 rings (SSSR count). The van der Waals surface area contributed by atoms with E-state index in [-0.39, 0.29) is 0 Å². The minimum atomic E-state index is 0.878. The summed E-state index contributed by atoms with van der Waals surface area (Å²) in [6.45, 7) is 2.07. The van der Waals surface area contributed by atoms with Gasteiger partial charge >= 0.3 is 0 Å². The third-order valence-corrected chi connectivity index (χ3v) is 2.68. The fraction of sp³-hybridized carbons (Fsp3) is 0.0909. The molecule has 2 heterocycles. The third kappa shape index (κ3) is 1.68. The van der Waals surface area contributed by atoms with Crippen LogP contribution >= 0.6 is 15.9 Å². The van der Waals surface area contributed by atoms with Crippen molar-refractivity contribution in [2.24, 2.45) is 0 Å². The van der Waals surface area contributed by atoms with Gasteiger partial charge in [0.05, 0.1) is 0 Å². The van der Waals surface area contributed by atoms with Crippen LogP contribution in [0.4, 0.5) is 0 Å². The van der Waals surface area contributed by atoms with Crippen LogP contribution in [0.25, 0.3) is 11.1 Å². The molecule has 0 N–H and O–H groups in total. The van der Waals surface area contributed by atoms with Crippen LogP contribution in [0.1, 0.15) is 5.56 Å². The number of nitrogens with zero attached hydrogens (tertiary/aromatic N) is 2. The minimum Gasteiger partial charge on any atom is -0.265 e. The molecule has 2 aromatic heterocycles. The fourth-order valence-corrected chi connectivity index (χ4v) is 2.05. The van der Waals surface area contributed by atoms with Gasteiger partial charge in [0, 0.05) is 24.2 Å². The Labute approximate surface area is 91.2 Å². The van der Waals surface area contributed by atoms with E-state index >= 15 is 0 Å². The predicted molar refractivity (Wildman–Crippen MR) is 59.9 cm³/mol. The van der Waals surface area contributed by atoms with E-state index in [1.165, 1.54) is 5.56 Å². The average molecular weight is 249 g/mol. The topological polar surface area (TPSA) is 25.8 Å². The van der Waals surface area contributed by atoms with E-state index in [1.807, 2.05) is 18.2 Å². The predicted octanol–water partition coefficient (Wildman–Crippen LogP) is 3.21. The Balaban J connectivity index is 2.63. The SMILES string of the molecule is Cc1ccnc(Br)c1-c1ccncc1. The first-order chi connectivity index (χ1) is 6.79. The summed E-state index contributed by atoms with van der Waals surface area (Å²) in [5.41, 5.74) is 3.48. The number of aromatic nitrogens is 2. The van der Waals surface area contributed by atoms with Crippen LogP contribution in [0, 0.1) is 6.92 Å². The molecule has 0 aliphatic rings. The summed E-state index contributed by atoms with van der Waals surface area (Å²) in [5.74, 6) is 0. The molecule has 70 valence electrons. The molecule has 2 nitrogen and oxygen atoms in total. The van der Waals surface area contributed by atoms with Gasteiger partial charge in [-0.2, -0.15) is 0 Å². The van der Waals surface area contributed by atoms with E-state index < -0.39 is 0 Å². The third-order valence-electron chi connectivity index (χ3n) is 2.08. The van der Waals surface area contributed by atoms with Gasteiger partial charge in [-0.1, -0.05) is 0 Å². The molecule has 0 aliphatic carbocycles. The van der Waals surface area contributed by atoms with Crippen LogP contribution in [-0.4, -0.2) is 9.97 Å². The minimum absolute atomic E-state index is 0.878. The monoisotopic (exact) mass is 248 g/mol. The van der Waals surface area contributed by atoms with E-state index in [0.717, 1.165) is 15.7 Å². The second-order valence-electron chi connectivity index (χ2n) is 3.03. The number of rotatable bonds is 1. The summed E-state index contributed by atoms with van der Waals surface area (Å²) in [4.78, 5) is 8.21. The molecule has 14 heavy (non-hydrogen) atoms. The van der Waals surface area contributed by atoms with Gasteiger partial charge in [-0.15, -0.1) is 0 Å². The van der Waals surface area contributed by atoms with Crippen molar-refractivity contribution in [1.82, 2.24) is 9.97 Å². The largest absolute Gasteiger partial charge is 0.265 e. The first-order valence-corrected chi connectivity index (χ1v) is 5.10. The van der Waals surface area contributed by atoms with E-state index in [9.17, 15) is 0 Å². The molecular formula is C11H9BrN2.